The molecule has 0 bridgehead atoms. The second-order valence-electron chi connectivity index (χ2n) is 4.44. The number of nitrogens with one attached hydrogen (secondary N) is 1. The van der Waals surface area contributed by atoms with Crippen LogP contribution in [0.25, 0.3) is 0 Å². The summed E-state index contributed by atoms with van der Waals surface area (Å²) in [5, 5.41) is 3.19. The van der Waals surface area contributed by atoms with Crippen molar-refractivity contribution in [1.29, 1.82) is 0 Å². The number of hydrogen-bond acceptors (Lipinski definition) is 4. The lowest BCUT2D eigenvalue weighted by molar-refractivity contribution is 0.0563. The van der Waals surface area contributed by atoms with Gasteiger partial charge in [0.15, 0.2) is 0 Å². The molecule has 1 aromatic carbocycles. The van der Waals surface area contributed by atoms with Crippen LogP contribution in [0.5, 0.6) is 0 Å². The Labute approximate surface area is 118 Å². The summed E-state index contributed by atoms with van der Waals surface area (Å²) < 4.78 is 6.01. The Kier molecular flexibility index (Phi) is 5.51. The predicted molar refractivity (Wildman–Crippen MR) is 79.6 cm³/mol. The highest BCUT2D eigenvalue weighted by Gasteiger charge is 2.11. The Morgan fingerprint density at radius 3 is 2.74 bits per heavy atom. The smallest absolute Gasteiger partial charge is 0.0949 e. The maximum atomic E-state index is 6.01. The first-order valence-corrected chi connectivity index (χ1v) is 7.39. The maximum absolute atomic E-state index is 6.01. The molecule has 1 unspecified atom stereocenters. The Balaban J connectivity index is 1.89. The lowest BCUT2D eigenvalue weighted by atomic mass is 10.1. The molecule has 0 aliphatic carbocycles. The molecule has 1 N–H and O–H groups in total. The van der Waals surface area contributed by atoms with E-state index in [9.17, 15) is 0 Å². The fraction of sp³-hybridized carbons (Fsp3) is 0.400. The van der Waals surface area contributed by atoms with Crippen LogP contribution in [0.15, 0.2) is 35.8 Å². The van der Waals surface area contributed by atoms with Gasteiger partial charge in [-0.1, -0.05) is 30.3 Å². The number of benzene rings is 1. The standard InChI is InChI=1S/C15H20N2OS/c1-12-15(19-11-17-12)8-9-18-14(10-16-2)13-6-4-3-5-7-13/h3-7,11,14,16H,8-10H2,1-2H3. The van der Waals surface area contributed by atoms with Crippen molar-refractivity contribution in [1.82, 2.24) is 10.3 Å². The molecule has 2 rings (SSSR count). The molecule has 0 fully saturated rings. The van der Waals surface area contributed by atoms with Crippen LogP contribution < -0.4 is 5.32 Å². The fourth-order valence-electron chi connectivity index (χ4n) is 1.99. The maximum Gasteiger partial charge on any atom is 0.0949 e. The number of nitrogens with zero attached hydrogens (tertiary/aromatic N) is 1. The van der Waals surface area contributed by atoms with Crippen LogP contribution in [0.1, 0.15) is 22.2 Å². The van der Waals surface area contributed by atoms with Crippen LogP contribution in [0, 0.1) is 6.92 Å². The van der Waals surface area contributed by atoms with Crippen molar-refractivity contribution < 1.29 is 4.74 Å². The molecule has 102 valence electrons. The highest BCUT2D eigenvalue weighted by atomic mass is 32.1. The number of aryl methyl sites for hydroxylation is 1. The largest absolute Gasteiger partial charge is 0.372 e. The molecule has 0 saturated heterocycles. The number of ether oxygens (including phenoxy) is 1. The van der Waals surface area contributed by atoms with E-state index in [-0.39, 0.29) is 6.10 Å². The zero-order valence-corrected chi connectivity index (χ0v) is 12.2. The topological polar surface area (TPSA) is 34.1 Å². The van der Waals surface area contributed by atoms with Crippen LogP contribution in [-0.4, -0.2) is 25.2 Å². The van der Waals surface area contributed by atoms with Crippen LogP contribution in [0.3, 0.4) is 0 Å². The summed E-state index contributed by atoms with van der Waals surface area (Å²) in [5.74, 6) is 0. The van der Waals surface area contributed by atoms with Gasteiger partial charge in [0.2, 0.25) is 0 Å². The minimum atomic E-state index is 0.111. The number of hydrogen-bond donors (Lipinski definition) is 1. The van der Waals surface area contributed by atoms with E-state index in [2.05, 4.69) is 34.6 Å². The van der Waals surface area contributed by atoms with Gasteiger partial charge in [-0.3, -0.25) is 0 Å². The molecule has 0 radical (unpaired) electrons. The van der Waals surface area contributed by atoms with Gasteiger partial charge in [0, 0.05) is 17.8 Å². The summed E-state index contributed by atoms with van der Waals surface area (Å²) in [6.07, 6.45) is 1.04. The number of likely N-dealkylation sites (N-methyl/N-ethyl adjacent to an activating group) is 1. The summed E-state index contributed by atoms with van der Waals surface area (Å²) >= 11 is 1.70. The molecule has 0 amide bonds. The van der Waals surface area contributed by atoms with E-state index in [1.54, 1.807) is 11.3 Å². The average Bonchev–Trinajstić information content (AvgIpc) is 2.84. The molecule has 0 aliphatic rings. The average molecular weight is 276 g/mol. The Morgan fingerprint density at radius 1 is 1.32 bits per heavy atom. The Bertz CT molecular complexity index is 484. The van der Waals surface area contributed by atoms with Gasteiger partial charge in [-0.25, -0.2) is 4.98 Å². The normalized spacial score (nSPS) is 12.5. The van der Waals surface area contributed by atoms with Crippen molar-refractivity contribution in [3.63, 3.8) is 0 Å². The molecule has 3 nitrogen and oxygen atoms in total. The van der Waals surface area contributed by atoms with Gasteiger partial charge in [-0.05, 0) is 19.5 Å². The van der Waals surface area contributed by atoms with Crippen molar-refractivity contribution in [2.45, 2.75) is 19.4 Å². The van der Waals surface area contributed by atoms with Gasteiger partial charge in [0.1, 0.15) is 0 Å². The van der Waals surface area contributed by atoms with Gasteiger partial charge in [0.05, 0.1) is 23.9 Å². The molecule has 0 spiro atoms. The third kappa shape index (κ3) is 4.13. The van der Waals surface area contributed by atoms with Crippen molar-refractivity contribution in [2.75, 3.05) is 20.2 Å². The second-order valence-corrected chi connectivity index (χ2v) is 5.38. The van der Waals surface area contributed by atoms with E-state index in [1.807, 2.05) is 25.5 Å². The first-order valence-electron chi connectivity index (χ1n) is 6.51. The van der Waals surface area contributed by atoms with Crippen molar-refractivity contribution >= 4 is 11.3 Å². The Morgan fingerprint density at radius 2 is 2.11 bits per heavy atom. The fourth-order valence-corrected chi connectivity index (χ4v) is 2.75. The SMILES string of the molecule is CNCC(OCCc1scnc1C)c1ccccc1. The molecule has 0 aliphatic heterocycles. The van der Waals surface area contributed by atoms with E-state index in [4.69, 9.17) is 4.74 Å². The quantitative estimate of drug-likeness (QED) is 0.844. The van der Waals surface area contributed by atoms with Crippen molar-refractivity contribution in [3.05, 3.63) is 52.0 Å². The molecular formula is C15H20N2OS. The summed E-state index contributed by atoms with van der Waals surface area (Å²) in [7, 11) is 1.95. The van der Waals surface area contributed by atoms with E-state index in [0.29, 0.717) is 0 Å². The van der Waals surface area contributed by atoms with E-state index in [0.717, 1.165) is 25.3 Å². The Hall–Kier alpha value is -1.23. The van der Waals surface area contributed by atoms with E-state index >= 15 is 0 Å². The van der Waals surface area contributed by atoms with Crippen molar-refractivity contribution in [3.8, 4) is 0 Å². The van der Waals surface area contributed by atoms with Gasteiger partial charge in [-0.15, -0.1) is 11.3 Å². The minimum Gasteiger partial charge on any atom is -0.372 e. The van der Waals surface area contributed by atoms with Gasteiger partial charge < -0.3 is 10.1 Å². The zero-order valence-electron chi connectivity index (χ0n) is 11.4. The highest BCUT2D eigenvalue weighted by molar-refractivity contribution is 7.09. The molecular weight excluding hydrogens is 256 g/mol. The first kappa shape index (κ1) is 14.2. The second kappa shape index (κ2) is 7.38. The summed E-state index contributed by atoms with van der Waals surface area (Å²) in [5.41, 5.74) is 4.24. The van der Waals surface area contributed by atoms with E-state index in [1.165, 1.54) is 10.4 Å². The minimum absolute atomic E-state index is 0.111. The molecule has 19 heavy (non-hydrogen) atoms. The number of aromatic nitrogens is 1. The molecule has 1 aromatic heterocycles. The van der Waals surface area contributed by atoms with Crippen LogP contribution >= 0.6 is 11.3 Å². The summed E-state index contributed by atoms with van der Waals surface area (Å²) in [6, 6.07) is 10.4. The first-order chi connectivity index (χ1) is 9.31. The monoisotopic (exact) mass is 276 g/mol. The van der Waals surface area contributed by atoms with E-state index < -0.39 is 0 Å². The highest BCUT2D eigenvalue weighted by Crippen LogP contribution is 2.18. The van der Waals surface area contributed by atoms with Crippen LogP contribution in [-0.2, 0) is 11.2 Å². The number of thiazole rings is 1. The van der Waals surface area contributed by atoms with Gasteiger partial charge >= 0.3 is 0 Å². The molecule has 2 aromatic rings. The predicted octanol–water partition coefficient (Wildman–Crippen LogP) is 2.97. The lowest BCUT2D eigenvalue weighted by Crippen LogP contribution is -2.20. The molecule has 1 atom stereocenters. The third-order valence-corrected chi connectivity index (χ3v) is 4.05. The van der Waals surface area contributed by atoms with Crippen LogP contribution in [0.2, 0.25) is 0 Å². The number of rotatable bonds is 7. The summed E-state index contributed by atoms with van der Waals surface area (Å²) in [4.78, 5) is 5.58. The molecule has 1 heterocycles. The van der Waals surface area contributed by atoms with Crippen LogP contribution in [0.4, 0.5) is 0 Å². The van der Waals surface area contributed by atoms with Gasteiger partial charge in [-0.2, -0.15) is 0 Å². The lowest BCUT2D eigenvalue weighted by Gasteiger charge is -2.18. The molecule has 0 saturated carbocycles. The van der Waals surface area contributed by atoms with Crippen molar-refractivity contribution in [2.24, 2.45) is 0 Å². The zero-order chi connectivity index (χ0) is 13.5. The summed E-state index contributed by atoms with van der Waals surface area (Å²) in [6.45, 7) is 3.60. The molecule has 4 heteroatoms. The third-order valence-electron chi connectivity index (χ3n) is 3.05. The van der Waals surface area contributed by atoms with Gasteiger partial charge in [0.25, 0.3) is 0 Å².